The van der Waals surface area contributed by atoms with E-state index >= 15 is 0 Å². The van der Waals surface area contributed by atoms with Crippen LogP contribution in [-0.2, 0) is 22.6 Å². The van der Waals surface area contributed by atoms with Crippen LogP contribution in [0.1, 0.15) is 36.8 Å². The van der Waals surface area contributed by atoms with E-state index in [4.69, 9.17) is 14.6 Å². The van der Waals surface area contributed by atoms with Crippen LogP contribution in [0.25, 0.3) is 0 Å². The lowest BCUT2D eigenvalue weighted by molar-refractivity contribution is -0.136. The molecule has 262 valence electrons. The minimum absolute atomic E-state index is 0.0296. The van der Waals surface area contributed by atoms with Crippen molar-refractivity contribution >= 4 is 11.9 Å². The minimum atomic E-state index is -1.71. The molecule has 2 fully saturated rings. The summed E-state index contributed by atoms with van der Waals surface area (Å²) in [5.41, 5.74) is 0.617. The number of nitrogens with zero attached hydrogens (tertiary/aromatic N) is 4. The number of aromatic nitrogens is 2. The van der Waals surface area contributed by atoms with Crippen molar-refractivity contribution in [2.24, 2.45) is 11.8 Å². The lowest BCUT2D eigenvalue weighted by Crippen LogP contribution is -2.55. The molecular weight excluding hydrogens is 620 g/mol. The monoisotopic (exact) mass is 667 g/mol. The van der Waals surface area contributed by atoms with Crippen molar-refractivity contribution in [1.82, 2.24) is 20.2 Å². The Morgan fingerprint density at radius 3 is 2.28 bits per heavy atom. The third kappa shape index (κ3) is 10.5. The Balaban J connectivity index is 1.11. The number of likely N-dealkylation sites (tertiary alicyclic amines) is 1. The number of hydrogen-bond donors (Lipinski definition) is 6. The van der Waals surface area contributed by atoms with Gasteiger partial charge in [-0.05, 0) is 31.6 Å². The van der Waals surface area contributed by atoms with E-state index in [1.54, 1.807) is 19.5 Å². The first-order valence-corrected chi connectivity index (χ1v) is 16.1. The molecular formula is C32H47F2N5O8. The first-order chi connectivity index (χ1) is 22.6. The van der Waals surface area contributed by atoms with E-state index in [9.17, 15) is 34.0 Å². The zero-order chi connectivity index (χ0) is 33.9. The van der Waals surface area contributed by atoms with Crippen LogP contribution in [0, 0.1) is 23.5 Å². The second-order valence-corrected chi connectivity index (χ2v) is 12.4. The maximum atomic E-state index is 14.8. The summed E-state index contributed by atoms with van der Waals surface area (Å²) in [7, 11) is 1.63. The highest BCUT2D eigenvalue weighted by Crippen LogP contribution is 2.26. The fraction of sp³-hybridized carbons (Fsp3) is 0.656. The van der Waals surface area contributed by atoms with Crippen molar-refractivity contribution in [3.05, 3.63) is 47.3 Å². The number of benzene rings is 1. The van der Waals surface area contributed by atoms with Gasteiger partial charge in [-0.3, -0.25) is 4.79 Å². The molecule has 1 aromatic carbocycles. The van der Waals surface area contributed by atoms with Crippen LogP contribution < -0.4 is 15.0 Å². The zero-order valence-corrected chi connectivity index (χ0v) is 26.7. The number of hydrogen-bond acceptors (Lipinski definition) is 12. The number of carbonyl (C=O) groups is 1. The Labute approximate surface area is 273 Å². The molecule has 1 amide bonds. The number of amides is 1. The molecule has 2 aromatic rings. The number of aliphatic hydroxyl groups excluding tert-OH is 5. The third-order valence-electron chi connectivity index (χ3n) is 8.79. The minimum Gasteiger partial charge on any atom is -0.493 e. The van der Waals surface area contributed by atoms with Crippen molar-refractivity contribution in [3.8, 4) is 5.75 Å². The topological polar surface area (TPSA) is 181 Å². The highest BCUT2D eigenvalue weighted by atomic mass is 19.1. The highest BCUT2D eigenvalue weighted by molar-refractivity contribution is 5.79. The molecule has 2 aliphatic rings. The lowest BCUT2D eigenvalue weighted by Gasteiger charge is -2.39. The number of nitrogens with one attached hydrogen (secondary N) is 1. The van der Waals surface area contributed by atoms with Gasteiger partial charge in [0.05, 0.1) is 32.3 Å². The molecule has 13 nitrogen and oxygen atoms in total. The molecule has 47 heavy (non-hydrogen) atoms. The predicted octanol–water partition coefficient (Wildman–Crippen LogP) is 0.00320. The number of piperidine rings is 1. The summed E-state index contributed by atoms with van der Waals surface area (Å²) < 4.78 is 40.3. The third-order valence-corrected chi connectivity index (χ3v) is 8.79. The largest absolute Gasteiger partial charge is 0.493 e. The van der Waals surface area contributed by atoms with Gasteiger partial charge in [0.25, 0.3) is 0 Å². The lowest BCUT2D eigenvalue weighted by atomic mass is 9.92. The van der Waals surface area contributed by atoms with Crippen LogP contribution in [0.15, 0.2) is 24.5 Å². The molecule has 1 aromatic heterocycles. The van der Waals surface area contributed by atoms with Crippen molar-refractivity contribution in [2.75, 3.05) is 64.5 Å². The van der Waals surface area contributed by atoms with Crippen molar-refractivity contribution in [1.29, 1.82) is 0 Å². The second kappa shape index (κ2) is 17.9. The fourth-order valence-electron chi connectivity index (χ4n) is 5.85. The Morgan fingerprint density at radius 1 is 1.02 bits per heavy atom. The van der Waals surface area contributed by atoms with E-state index in [0.717, 1.165) is 62.4 Å². The maximum absolute atomic E-state index is 14.8. The van der Waals surface area contributed by atoms with Gasteiger partial charge in [-0.15, -0.1) is 0 Å². The van der Waals surface area contributed by atoms with Gasteiger partial charge in [0, 0.05) is 87.9 Å². The van der Waals surface area contributed by atoms with E-state index in [2.05, 4.69) is 20.2 Å². The maximum Gasteiger partial charge on any atom is 0.227 e. The summed E-state index contributed by atoms with van der Waals surface area (Å²) in [4.78, 5) is 25.2. The van der Waals surface area contributed by atoms with Crippen molar-refractivity contribution in [2.45, 2.75) is 63.1 Å². The van der Waals surface area contributed by atoms with Crippen LogP contribution in [-0.4, -0.2) is 130 Å². The Morgan fingerprint density at radius 2 is 1.66 bits per heavy atom. The smallest absolute Gasteiger partial charge is 0.227 e. The van der Waals surface area contributed by atoms with Gasteiger partial charge >= 0.3 is 0 Å². The summed E-state index contributed by atoms with van der Waals surface area (Å²) >= 11 is 0. The van der Waals surface area contributed by atoms with Crippen LogP contribution in [0.4, 0.5) is 14.7 Å². The first-order valence-electron chi connectivity index (χ1n) is 16.1. The standard InChI is InChI=1S/C32H47F2N5O8/c1-46-19-21-13-36-32(37-14-21)38-6-4-20(5-7-38)3-2-8-47-23-9-25(33)24(26(34)10-23)11-29(43)39-16-22(17-39)12-35-15-27(41)30(44)31(45)28(42)18-40/h9-10,13-14,20,22,27-28,30-31,35,40-42,44-45H,2-8,11-12,15-19H2,1H3. The summed E-state index contributed by atoms with van der Waals surface area (Å²) in [6, 6.07) is 2.22. The van der Waals surface area contributed by atoms with Crippen molar-refractivity contribution < 1.29 is 48.6 Å². The highest BCUT2D eigenvalue weighted by Gasteiger charge is 2.33. The average molecular weight is 668 g/mol. The Hall–Kier alpha value is -3.05. The molecule has 0 bridgehead atoms. The molecule has 6 N–H and O–H groups in total. The number of halogens is 2. The number of methoxy groups -OCH3 is 1. The number of aliphatic hydroxyl groups is 5. The summed E-state index contributed by atoms with van der Waals surface area (Å²) in [5.74, 6) is -0.731. The van der Waals surface area contributed by atoms with Gasteiger partial charge in [-0.25, -0.2) is 18.7 Å². The first kappa shape index (κ1) is 36.8. The predicted molar refractivity (Wildman–Crippen MR) is 167 cm³/mol. The summed E-state index contributed by atoms with van der Waals surface area (Å²) in [6.07, 6.45) is 0.485. The van der Waals surface area contributed by atoms with Crippen LogP contribution >= 0.6 is 0 Å². The quantitative estimate of drug-likeness (QED) is 0.117. The van der Waals surface area contributed by atoms with Gasteiger partial charge in [-0.2, -0.15) is 0 Å². The molecule has 4 atom stereocenters. The van der Waals surface area contributed by atoms with Gasteiger partial charge in [0.2, 0.25) is 11.9 Å². The van der Waals surface area contributed by atoms with Crippen LogP contribution in [0.5, 0.6) is 5.75 Å². The molecule has 0 spiro atoms. The van der Waals surface area contributed by atoms with Crippen LogP contribution in [0.2, 0.25) is 0 Å². The zero-order valence-electron chi connectivity index (χ0n) is 26.7. The molecule has 2 aliphatic heterocycles. The Kier molecular flexibility index (Phi) is 14.0. The molecule has 4 rings (SSSR count). The Bertz CT molecular complexity index is 1240. The van der Waals surface area contributed by atoms with Gasteiger partial charge in [-0.1, -0.05) is 0 Å². The number of carbonyl (C=O) groups excluding carboxylic acids is 1. The number of anilines is 1. The van der Waals surface area contributed by atoms with Gasteiger partial charge in [0.15, 0.2) is 0 Å². The summed E-state index contributed by atoms with van der Waals surface area (Å²) in [6.45, 7) is 2.78. The number of ether oxygens (including phenoxy) is 2. The van der Waals surface area contributed by atoms with E-state index < -0.39 is 55.0 Å². The molecule has 0 aliphatic carbocycles. The van der Waals surface area contributed by atoms with E-state index in [-0.39, 0.29) is 23.8 Å². The molecule has 0 radical (unpaired) electrons. The molecule has 0 saturated carbocycles. The van der Waals surface area contributed by atoms with Crippen LogP contribution in [0.3, 0.4) is 0 Å². The molecule has 15 heteroatoms. The van der Waals surface area contributed by atoms with E-state index in [0.29, 0.717) is 38.8 Å². The number of rotatable bonds is 18. The average Bonchev–Trinajstić information content (AvgIpc) is 3.05. The summed E-state index contributed by atoms with van der Waals surface area (Å²) in [5, 5.41) is 50.7. The van der Waals surface area contributed by atoms with E-state index in [1.165, 1.54) is 4.90 Å². The SMILES string of the molecule is COCc1cnc(N2CCC(CCCOc3cc(F)c(CC(=O)N4CC(CNCC(O)C(O)C(O)C(O)CO)C4)c(F)c3)CC2)nc1. The van der Waals surface area contributed by atoms with E-state index in [1.807, 2.05) is 0 Å². The van der Waals surface area contributed by atoms with Crippen molar-refractivity contribution in [3.63, 3.8) is 0 Å². The molecule has 3 heterocycles. The molecule has 2 saturated heterocycles. The molecule has 4 unspecified atom stereocenters. The van der Waals surface area contributed by atoms with Gasteiger partial charge < -0.3 is 50.1 Å². The second-order valence-electron chi connectivity index (χ2n) is 12.4. The fourth-order valence-corrected chi connectivity index (χ4v) is 5.85. The van der Waals surface area contributed by atoms with Gasteiger partial charge in [0.1, 0.15) is 35.7 Å². The normalized spacial score (nSPS) is 18.5.